The molecule has 29 heavy (non-hydrogen) atoms. The fourth-order valence-electron chi connectivity index (χ4n) is 2.71. The van der Waals surface area contributed by atoms with Crippen LogP contribution in [0.2, 0.25) is 10.0 Å². The van der Waals surface area contributed by atoms with Gasteiger partial charge in [0, 0.05) is 19.2 Å². The number of hydrogen-bond donors (Lipinski definition) is 2. The van der Waals surface area contributed by atoms with Crippen LogP contribution in [0, 0.1) is 6.92 Å². The van der Waals surface area contributed by atoms with Gasteiger partial charge in [0.2, 0.25) is 5.91 Å². The zero-order valence-corrected chi connectivity index (χ0v) is 17.4. The van der Waals surface area contributed by atoms with Crippen molar-refractivity contribution in [3.8, 4) is 0 Å². The van der Waals surface area contributed by atoms with E-state index in [1.807, 2.05) is 12.1 Å². The molecule has 0 saturated carbocycles. The second-order valence-electron chi connectivity index (χ2n) is 6.49. The lowest BCUT2D eigenvalue weighted by atomic mass is 10.2. The first-order valence-corrected chi connectivity index (χ1v) is 9.58. The highest BCUT2D eigenvalue weighted by Crippen LogP contribution is 2.23. The number of aromatic nitrogens is 3. The van der Waals surface area contributed by atoms with E-state index in [4.69, 9.17) is 23.2 Å². The van der Waals surface area contributed by atoms with Crippen LogP contribution in [0.15, 0.2) is 42.5 Å². The first-order valence-electron chi connectivity index (χ1n) is 8.82. The maximum Gasteiger partial charge on any atom is 0.278 e. The van der Waals surface area contributed by atoms with Gasteiger partial charge in [0.25, 0.3) is 5.91 Å². The van der Waals surface area contributed by atoms with Gasteiger partial charge in [-0.2, -0.15) is 0 Å². The van der Waals surface area contributed by atoms with Crippen molar-refractivity contribution in [2.75, 3.05) is 5.32 Å². The third kappa shape index (κ3) is 5.34. The molecule has 3 rings (SSSR count). The van der Waals surface area contributed by atoms with E-state index in [0.29, 0.717) is 34.5 Å². The number of nitrogens with zero attached hydrogens (tertiary/aromatic N) is 3. The van der Waals surface area contributed by atoms with E-state index in [1.54, 1.807) is 41.9 Å². The van der Waals surface area contributed by atoms with Gasteiger partial charge in [-0.3, -0.25) is 9.59 Å². The van der Waals surface area contributed by atoms with Crippen LogP contribution < -0.4 is 10.6 Å². The standard InChI is InChI=1S/C20H19Cl2N5O2/c1-12-19(25-26-27(12)11-15-6-7-17(21)18(22)9-15)20(29)24-16-5-3-4-14(8-16)10-23-13(2)28/h3-9H,10-11H2,1-2H3,(H,23,28)(H,24,29). The Balaban J connectivity index is 1.71. The summed E-state index contributed by atoms with van der Waals surface area (Å²) in [5.41, 5.74) is 3.24. The Morgan fingerprint density at radius 3 is 2.59 bits per heavy atom. The summed E-state index contributed by atoms with van der Waals surface area (Å²) in [5, 5.41) is 14.6. The molecular formula is C20H19Cl2N5O2. The maximum absolute atomic E-state index is 12.6. The second-order valence-corrected chi connectivity index (χ2v) is 7.31. The molecule has 9 heteroatoms. The smallest absolute Gasteiger partial charge is 0.278 e. The van der Waals surface area contributed by atoms with Crippen molar-refractivity contribution in [1.82, 2.24) is 20.3 Å². The van der Waals surface area contributed by atoms with Crippen LogP contribution in [0.3, 0.4) is 0 Å². The lowest BCUT2D eigenvalue weighted by Gasteiger charge is -2.08. The fraction of sp³-hybridized carbons (Fsp3) is 0.200. The summed E-state index contributed by atoms with van der Waals surface area (Å²) < 4.78 is 1.63. The van der Waals surface area contributed by atoms with Gasteiger partial charge < -0.3 is 10.6 Å². The molecule has 0 spiro atoms. The summed E-state index contributed by atoms with van der Waals surface area (Å²) >= 11 is 12.0. The highest BCUT2D eigenvalue weighted by Gasteiger charge is 2.17. The van der Waals surface area contributed by atoms with Gasteiger partial charge in [0.15, 0.2) is 5.69 Å². The number of benzene rings is 2. The molecule has 0 aliphatic carbocycles. The molecule has 0 radical (unpaired) electrons. The van der Waals surface area contributed by atoms with Crippen molar-refractivity contribution in [3.05, 3.63) is 75.0 Å². The zero-order chi connectivity index (χ0) is 21.0. The molecule has 0 fully saturated rings. The molecule has 0 aliphatic heterocycles. The van der Waals surface area contributed by atoms with E-state index in [9.17, 15) is 9.59 Å². The molecule has 0 aliphatic rings. The minimum atomic E-state index is -0.362. The van der Waals surface area contributed by atoms with E-state index >= 15 is 0 Å². The Kier molecular flexibility index (Phi) is 6.51. The molecule has 7 nitrogen and oxygen atoms in total. The summed E-state index contributed by atoms with van der Waals surface area (Å²) in [7, 11) is 0. The van der Waals surface area contributed by atoms with Crippen LogP contribution in [0.25, 0.3) is 0 Å². The average Bonchev–Trinajstić information content (AvgIpc) is 3.04. The van der Waals surface area contributed by atoms with Gasteiger partial charge in [-0.15, -0.1) is 5.10 Å². The van der Waals surface area contributed by atoms with Crippen LogP contribution in [0.4, 0.5) is 5.69 Å². The molecule has 1 heterocycles. The number of halogens is 2. The molecule has 0 bridgehead atoms. The number of carbonyl (C=O) groups excluding carboxylic acids is 2. The lowest BCUT2D eigenvalue weighted by molar-refractivity contribution is -0.119. The minimum absolute atomic E-state index is 0.117. The molecule has 150 valence electrons. The molecule has 1 aromatic heterocycles. The molecule has 2 aromatic carbocycles. The highest BCUT2D eigenvalue weighted by atomic mass is 35.5. The summed E-state index contributed by atoms with van der Waals surface area (Å²) in [6.45, 7) is 4.03. The average molecular weight is 432 g/mol. The number of anilines is 1. The van der Waals surface area contributed by atoms with E-state index in [-0.39, 0.29) is 17.5 Å². The van der Waals surface area contributed by atoms with E-state index < -0.39 is 0 Å². The summed E-state index contributed by atoms with van der Waals surface area (Å²) in [6.07, 6.45) is 0. The van der Waals surface area contributed by atoms with Gasteiger partial charge >= 0.3 is 0 Å². The zero-order valence-electron chi connectivity index (χ0n) is 15.9. The molecule has 0 atom stereocenters. The summed E-state index contributed by atoms with van der Waals surface area (Å²) in [4.78, 5) is 23.7. The molecule has 3 aromatic rings. The Morgan fingerprint density at radius 1 is 1.07 bits per heavy atom. The molecule has 2 N–H and O–H groups in total. The third-order valence-electron chi connectivity index (χ3n) is 4.24. The number of hydrogen-bond acceptors (Lipinski definition) is 4. The third-order valence-corrected chi connectivity index (χ3v) is 4.98. The highest BCUT2D eigenvalue weighted by molar-refractivity contribution is 6.42. The number of amides is 2. The Labute approximate surface area is 178 Å². The van der Waals surface area contributed by atoms with Gasteiger partial charge in [0.1, 0.15) is 0 Å². The topological polar surface area (TPSA) is 88.9 Å². The predicted octanol–water partition coefficient (Wildman–Crippen LogP) is 3.83. The van der Waals surface area contributed by atoms with Crippen molar-refractivity contribution in [3.63, 3.8) is 0 Å². The Bertz CT molecular complexity index is 1060. The second kappa shape index (κ2) is 9.07. The Morgan fingerprint density at radius 2 is 1.86 bits per heavy atom. The summed E-state index contributed by atoms with van der Waals surface area (Å²) in [5.74, 6) is -0.479. The van der Waals surface area contributed by atoms with E-state index in [0.717, 1.165) is 11.1 Å². The maximum atomic E-state index is 12.6. The van der Waals surface area contributed by atoms with Crippen LogP contribution in [0.1, 0.15) is 34.2 Å². The number of nitrogens with one attached hydrogen (secondary N) is 2. The van der Waals surface area contributed by atoms with Gasteiger partial charge in [-0.25, -0.2) is 4.68 Å². The largest absolute Gasteiger partial charge is 0.352 e. The van der Waals surface area contributed by atoms with Gasteiger partial charge in [-0.1, -0.05) is 46.6 Å². The number of carbonyl (C=O) groups is 2. The van der Waals surface area contributed by atoms with E-state index in [1.165, 1.54) is 6.92 Å². The van der Waals surface area contributed by atoms with Gasteiger partial charge in [0.05, 0.1) is 22.3 Å². The van der Waals surface area contributed by atoms with Gasteiger partial charge in [-0.05, 0) is 42.3 Å². The quantitative estimate of drug-likeness (QED) is 0.620. The predicted molar refractivity (Wildman–Crippen MR) is 112 cm³/mol. The molecule has 0 saturated heterocycles. The molecule has 0 unspecified atom stereocenters. The first-order chi connectivity index (χ1) is 13.8. The van der Waals surface area contributed by atoms with Crippen molar-refractivity contribution in [2.24, 2.45) is 0 Å². The molecule has 2 amide bonds. The van der Waals surface area contributed by atoms with Crippen LogP contribution in [-0.4, -0.2) is 26.8 Å². The van der Waals surface area contributed by atoms with Crippen LogP contribution in [0.5, 0.6) is 0 Å². The SMILES string of the molecule is CC(=O)NCc1cccc(NC(=O)c2nnn(Cc3ccc(Cl)c(Cl)c3)c2C)c1. The first kappa shape index (κ1) is 20.8. The van der Waals surface area contributed by atoms with Crippen molar-refractivity contribution < 1.29 is 9.59 Å². The van der Waals surface area contributed by atoms with Crippen molar-refractivity contribution >= 4 is 40.7 Å². The number of rotatable bonds is 6. The minimum Gasteiger partial charge on any atom is -0.352 e. The summed E-state index contributed by atoms with van der Waals surface area (Å²) in [6, 6.07) is 12.5. The van der Waals surface area contributed by atoms with Crippen LogP contribution in [-0.2, 0) is 17.9 Å². The fourth-order valence-corrected chi connectivity index (χ4v) is 3.03. The van der Waals surface area contributed by atoms with Crippen LogP contribution >= 0.6 is 23.2 Å². The van der Waals surface area contributed by atoms with Crippen molar-refractivity contribution in [1.29, 1.82) is 0 Å². The molecular weight excluding hydrogens is 413 g/mol. The lowest BCUT2D eigenvalue weighted by Crippen LogP contribution is -2.19. The normalized spacial score (nSPS) is 10.6. The van der Waals surface area contributed by atoms with Crippen molar-refractivity contribution in [2.45, 2.75) is 26.9 Å². The van der Waals surface area contributed by atoms with E-state index in [2.05, 4.69) is 20.9 Å². The monoisotopic (exact) mass is 431 g/mol. The Hall–Kier alpha value is -2.90.